The molecule has 2 rings (SSSR count). The third kappa shape index (κ3) is 3.42. The molecule has 2 nitrogen and oxygen atoms in total. The zero-order chi connectivity index (χ0) is 14.6. The SMILES string of the molecule is CCOC1(C(N)Cc2ccc(C)c(C)c2)CCCCC1. The lowest BCUT2D eigenvalue weighted by atomic mass is 9.77. The fourth-order valence-electron chi connectivity index (χ4n) is 3.43. The zero-order valence-corrected chi connectivity index (χ0v) is 13.2. The molecule has 0 spiro atoms. The van der Waals surface area contributed by atoms with E-state index in [9.17, 15) is 0 Å². The monoisotopic (exact) mass is 275 g/mol. The Morgan fingerprint density at radius 3 is 2.45 bits per heavy atom. The van der Waals surface area contributed by atoms with Gasteiger partial charge >= 0.3 is 0 Å². The Labute approximate surface area is 123 Å². The van der Waals surface area contributed by atoms with Gasteiger partial charge in [-0.15, -0.1) is 0 Å². The van der Waals surface area contributed by atoms with E-state index in [0.717, 1.165) is 25.9 Å². The molecule has 0 bridgehead atoms. The van der Waals surface area contributed by atoms with Gasteiger partial charge in [0.25, 0.3) is 0 Å². The molecule has 0 saturated heterocycles. The van der Waals surface area contributed by atoms with Crippen molar-refractivity contribution in [3.05, 3.63) is 34.9 Å². The van der Waals surface area contributed by atoms with Crippen molar-refractivity contribution >= 4 is 0 Å². The van der Waals surface area contributed by atoms with Crippen molar-refractivity contribution in [1.82, 2.24) is 0 Å². The lowest BCUT2D eigenvalue weighted by molar-refractivity contribution is -0.0817. The molecule has 112 valence electrons. The van der Waals surface area contributed by atoms with Crippen molar-refractivity contribution in [3.63, 3.8) is 0 Å². The standard InChI is InChI=1S/C18H29NO/c1-4-20-18(10-6-5-7-11-18)17(19)13-16-9-8-14(2)15(3)12-16/h8-9,12,17H,4-7,10-11,13,19H2,1-3H3. The molecule has 1 atom stereocenters. The molecule has 0 amide bonds. The lowest BCUT2D eigenvalue weighted by Gasteiger charge is -2.41. The highest BCUT2D eigenvalue weighted by Gasteiger charge is 2.38. The van der Waals surface area contributed by atoms with Crippen molar-refractivity contribution in [3.8, 4) is 0 Å². The summed E-state index contributed by atoms with van der Waals surface area (Å²) in [5.41, 5.74) is 10.5. The van der Waals surface area contributed by atoms with E-state index in [-0.39, 0.29) is 11.6 Å². The van der Waals surface area contributed by atoms with Crippen LogP contribution in [0, 0.1) is 13.8 Å². The number of aryl methyl sites for hydroxylation is 2. The first kappa shape index (κ1) is 15.5. The molecule has 2 heteroatoms. The Hall–Kier alpha value is -0.860. The molecule has 1 aromatic carbocycles. The first-order valence-electron chi connectivity index (χ1n) is 8.03. The Kier molecular flexibility index (Phi) is 5.22. The predicted octanol–water partition coefficient (Wildman–Crippen LogP) is 3.91. The maximum absolute atomic E-state index is 6.56. The topological polar surface area (TPSA) is 35.2 Å². The number of benzene rings is 1. The van der Waals surface area contributed by atoms with Gasteiger partial charge in [-0.3, -0.25) is 0 Å². The van der Waals surface area contributed by atoms with Crippen LogP contribution in [0.3, 0.4) is 0 Å². The molecule has 2 N–H and O–H groups in total. The van der Waals surface area contributed by atoms with Gasteiger partial charge < -0.3 is 10.5 Å². The summed E-state index contributed by atoms with van der Waals surface area (Å²) in [6, 6.07) is 6.79. The average Bonchev–Trinajstić information content (AvgIpc) is 2.44. The van der Waals surface area contributed by atoms with Gasteiger partial charge in [0.1, 0.15) is 0 Å². The summed E-state index contributed by atoms with van der Waals surface area (Å²) in [7, 11) is 0. The third-order valence-corrected chi connectivity index (χ3v) is 4.83. The number of hydrogen-bond donors (Lipinski definition) is 1. The van der Waals surface area contributed by atoms with Crippen LogP contribution in [-0.4, -0.2) is 18.2 Å². The normalized spacial score (nSPS) is 19.8. The van der Waals surface area contributed by atoms with Crippen molar-refractivity contribution in [2.75, 3.05) is 6.61 Å². The molecule has 0 aromatic heterocycles. The fourth-order valence-corrected chi connectivity index (χ4v) is 3.43. The van der Waals surface area contributed by atoms with Crippen molar-refractivity contribution in [1.29, 1.82) is 0 Å². The Balaban J connectivity index is 2.11. The molecule has 20 heavy (non-hydrogen) atoms. The highest BCUT2D eigenvalue weighted by Crippen LogP contribution is 2.35. The maximum Gasteiger partial charge on any atom is 0.0835 e. The minimum absolute atomic E-state index is 0.0915. The molecule has 1 saturated carbocycles. The molecule has 0 aliphatic heterocycles. The summed E-state index contributed by atoms with van der Waals surface area (Å²) in [5, 5.41) is 0. The van der Waals surface area contributed by atoms with E-state index in [4.69, 9.17) is 10.5 Å². The van der Waals surface area contributed by atoms with Crippen molar-refractivity contribution < 1.29 is 4.74 Å². The first-order valence-corrected chi connectivity index (χ1v) is 8.03. The van der Waals surface area contributed by atoms with Crippen LogP contribution >= 0.6 is 0 Å². The molecular weight excluding hydrogens is 246 g/mol. The first-order chi connectivity index (χ1) is 9.57. The number of hydrogen-bond acceptors (Lipinski definition) is 2. The molecular formula is C18H29NO. The summed E-state index contributed by atoms with van der Waals surface area (Å²) in [5.74, 6) is 0. The van der Waals surface area contributed by atoms with Crippen LogP contribution in [0.25, 0.3) is 0 Å². The minimum atomic E-state index is -0.0915. The van der Waals surface area contributed by atoms with Crippen LogP contribution in [0.4, 0.5) is 0 Å². The molecule has 1 unspecified atom stereocenters. The quantitative estimate of drug-likeness (QED) is 0.884. The number of nitrogens with two attached hydrogens (primary N) is 1. The van der Waals surface area contributed by atoms with Crippen molar-refractivity contribution in [2.45, 2.75) is 70.9 Å². The molecule has 1 fully saturated rings. The molecule has 0 radical (unpaired) electrons. The van der Waals surface area contributed by atoms with Gasteiger partial charge in [-0.25, -0.2) is 0 Å². The van der Waals surface area contributed by atoms with Gasteiger partial charge in [0.15, 0.2) is 0 Å². The van der Waals surface area contributed by atoms with Crippen LogP contribution in [-0.2, 0) is 11.2 Å². The molecule has 1 aliphatic rings. The summed E-state index contributed by atoms with van der Waals surface area (Å²) >= 11 is 0. The van der Waals surface area contributed by atoms with Gasteiger partial charge in [-0.2, -0.15) is 0 Å². The Morgan fingerprint density at radius 2 is 1.85 bits per heavy atom. The van der Waals surface area contributed by atoms with Gasteiger partial charge in [-0.05, 0) is 56.7 Å². The average molecular weight is 275 g/mol. The van der Waals surface area contributed by atoms with Gasteiger partial charge in [0.05, 0.1) is 5.60 Å². The summed E-state index contributed by atoms with van der Waals surface area (Å²) < 4.78 is 6.13. The van der Waals surface area contributed by atoms with E-state index in [1.54, 1.807) is 0 Å². The third-order valence-electron chi connectivity index (χ3n) is 4.83. The largest absolute Gasteiger partial charge is 0.374 e. The van der Waals surface area contributed by atoms with Crippen molar-refractivity contribution in [2.24, 2.45) is 5.73 Å². The molecule has 1 aromatic rings. The summed E-state index contributed by atoms with van der Waals surface area (Å²) in [4.78, 5) is 0. The van der Waals surface area contributed by atoms with Crippen LogP contribution in [0.5, 0.6) is 0 Å². The highest BCUT2D eigenvalue weighted by atomic mass is 16.5. The second kappa shape index (κ2) is 6.73. The minimum Gasteiger partial charge on any atom is -0.374 e. The van der Waals surface area contributed by atoms with E-state index < -0.39 is 0 Å². The van der Waals surface area contributed by atoms with E-state index >= 15 is 0 Å². The van der Waals surface area contributed by atoms with Crippen LogP contribution in [0.1, 0.15) is 55.7 Å². The molecule has 1 aliphatic carbocycles. The van der Waals surface area contributed by atoms with Crippen LogP contribution < -0.4 is 5.73 Å². The van der Waals surface area contributed by atoms with Gasteiger partial charge in [0, 0.05) is 12.6 Å². The van der Waals surface area contributed by atoms with Crippen LogP contribution in [0.2, 0.25) is 0 Å². The van der Waals surface area contributed by atoms with E-state index in [2.05, 4.69) is 39.0 Å². The summed E-state index contributed by atoms with van der Waals surface area (Å²) in [6.07, 6.45) is 6.98. The van der Waals surface area contributed by atoms with E-state index in [0.29, 0.717) is 0 Å². The number of rotatable bonds is 5. The van der Waals surface area contributed by atoms with Gasteiger partial charge in [-0.1, -0.05) is 37.5 Å². The number of ether oxygens (including phenoxy) is 1. The Bertz CT molecular complexity index is 430. The second-order valence-electron chi connectivity index (χ2n) is 6.29. The van der Waals surface area contributed by atoms with E-state index in [1.165, 1.54) is 36.0 Å². The van der Waals surface area contributed by atoms with Crippen LogP contribution in [0.15, 0.2) is 18.2 Å². The molecule has 0 heterocycles. The fraction of sp³-hybridized carbons (Fsp3) is 0.667. The summed E-state index contributed by atoms with van der Waals surface area (Å²) in [6.45, 7) is 7.17. The maximum atomic E-state index is 6.56. The van der Waals surface area contributed by atoms with Gasteiger partial charge in [0.2, 0.25) is 0 Å². The highest BCUT2D eigenvalue weighted by molar-refractivity contribution is 5.30. The van der Waals surface area contributed by atoms with E-state index in [1.807, 2.05) is 0 Å². The zero-order valence-electron chi connectivity index (χ0n) is 13.2. The predicted molar refractivity (Wildman–Crippen MR) is 85.0 cm³/mol. The smallest absolute Gasteiger partial charge is 0.0835 e. The lowest BCUT2D eigenvalue weighted by Crippen LogP contribution is -2.52. The Morgan fingerprint density at radius 1 is 1.15 bits per heavy atom. The second-order valence-corrected chi connectivity index (χ2v) is 6.29.